The van der Waals surface area contributed by atoms with Crippen molar-refractivity contribution >= 4 is 18.2 Å². The minimum absolute atomic E-state index is 0.220. The minimum atomic E-state index is -0.391. The second-order valence-electron chi connectivity index (χ2n) is 3.07. The Hall–Kier alpha value is -2.56. The molecule has 5 heteroatoms. The number of carbonyl (C=O) groups is 1. The van der Waals surface area contributed by atoms with Crippen LogP contribution < -0.4 is 5.43 Å². The largest absolute Gasteiger partial charge is 0.465 e. The third kappa shape index (κ3) is 3.20. The van der Waals surface area contributed by atoms with Crippen LogP contribution in [0, 0.1) is 0 Å². The topological polar surface area (TPSA) is 67.7 Å². The summed E-state index contributed by atoms with van der Waals surface area (Å²) in [5, 5.41) is 3.71. The third-order valence-electron chi connectivity index (χ3n) is 1.88. The summed E-state index contributed by atoms with van der Waals surface area (Å²) in [5.74, 6) is 0.545. The molecular formula is C12H10N2O3. The Labute approximate surface area is 97.4 Å². The number of hydrogen-bond acceptors (Lipinski definition) is 4. The Morgan fingerprint density at radius 3 is 2.76 bits per heavy atom. The van der Waals surface area contributed by atoms with Crippen molar-refractivity contribution in [3.05, 3.63) is 54.4 Å². The van der Waals surface area contributed by atoms with Crippen LogP contribution in [-0.4, -0.2) is 12.1 Å². The molecule has 0 aromatic carbocycles. The first-order chi connectivity index (χ1) is 8.36. The van der Waals surface area contributed by atoms with Gasteiger partial charge in [0.15, 0.2) is 5.76 Å². The van der Waals surface area contributed by atoms with Crippen molar-refractivity contribution in [3.8, 4) is 0 Å². The van der Waals surface area contributed by atoms with Gasteiger partial charge in [0.25, 0.3) is 0 Å². The molecule has 2 aromatic rings. The van der Waals surface area contributed by atoms with Gasteiger partial charge in [-0.3, -0.25) is 4.79 Å². The molecule has 0 aliphatic rings. The van der Waals surface area contributed by atoms with Crippen molar-refractivity contribution in [1.82, 2.24) is 5.43 Å². The summed E-state index contributed by atoms with van der Waals surface area (Å²) < 4.78 is 9.96. The minimum Gasteiger partial charge on any atom is -0.465 e. The molecule has 0 saturated heterocycles. The maximum absolute atomic E-state index is 11.3. The van der Waals surface area contributed by atoms with Gasteiger partial charge in [-0.2, -0.15) is 5.10 Å². The number of nitrogens with one attached hydrogen (secondary N) is 1. The summed E-state index contributed by atoms with van der Waals surface area (Å²) >= 11 is 0. The molecule has 1 amide bonds. The van der Waals surface area contributed by atoms with Gasteiger partial charge in [0, 0.05) is 6.21 Å². The van der Waals surface area contributed by atoms with E-state index in [1.165, 1.54) is 12.5 Å². The lowest BCUT2D eigenvalue weighted by molar-refractivity contribution is 0.0927. The molecule has 0 unspecified atom stereocenters. The molecule has 17 heavy (non-hydrogen) atoms. The number of allylic oxidation sites excluding steroid dienone is 1. The zero-order chi connectivity index (χ0) is 11.9. The quantitative estimate of drug-likeness (QED) is 0.647. The van der Waals surface area contributed by atoms with Crippen LogP contribution in [0.15, 0.2) is 56.8 Å². The van der Waals surface area contributed by atoms with Gasteiger partial charge in [-0.05, 0) is 36.4 Å². The first-order valence-electron chi connectivity index (χ1n) is 4.93. The van der Waals surface area contributed by atoms with E-state index in [1.807, 2.05) is 6.07 Å². The molecule has 0 bridgehead atoms. The predicted molar refractivity (Wildman–Crippen MR) is 62.4 cm³/mol. The predicted octanol–water partition coefficient (Wildman–Crippen LogP) is 2.30. The van der Waals surface area contributed by atoms with Crippen LogP contribution >= 0.6 is 0 Å². The Balaban J connectivity index is 1.80. The van der Waals surface area contributed by atoms with Crippen LogP contribution in [-0.2, 0) is 0 Å². The van der Waals surface area contributed by atoms with Crippen molar-refractivity contribution in [1.29, 1.82) is 0 Å². The molecule has 0 aliphatic carbocycles. The van der Waals surface area contributed by atoms with E-state index in [0.29, 0.717) is 5.76 Å². The molecule has 5 nitrogen and oxygen atoms in total. The van der Waals surface area contributed by atoms with E-state index in [-0.39, 0.29) is 5.76 Å². The molecule has 0 saturated carbocycles. The second kappa shape index (κ2) is 5.50. The van der Waals surface area contributed by atoms with Crippen LogP contribution in [0.25, 0.3) is 6.08 Å². The molecule has 0 spiro atoms. The number of hydrazone groups is 1. The normalized spacial score (nSPS) is 11.3. The number of hydrogen-bond donors (Lipinski definition) is 1. The van der Waals surface area contributed by atoms with Gasteiger partial charge in [0.05, 0.1) is 12.5 Å². The molecule has 86 valence electrons. The average Bonchev–Trinajstić information content (AvgIpc) is 3.01. The molecule has 0 fully saturated rings. The fourth-order valence-corrected chi connectivity index (χ4v) is 1.13. The number of rotatable bonds is 4. The number of amides is 1. The van der Waals surface area contributed by atoms with Crippen molar-refractivity contribution < 1.29 is 13.6 Å². The Morgan fingerprint density at radius 2 is 2.06 bits per heavy atom. The monoisotopic (exact) mass is 230 g/mol. The van der Waals surface area contributed by atoms with Crippen molar-refractivity contribution in [2.45, 2.75) is 0 Å². The van der Waals surface area contributed by atoms with Crippen LogP contribution in [0.1, 0.15) is 16.3 Å². The second-order valence-corrected chi connectivity index (χ2v) is 3.07. The van der Waals surface area contributed by atoms with Gasteiger partial charge < -0.3 is 8.83 Å². The smallest absolute Gasteiger partial charge is 0.307 e. The molecule has 1 N–H and O–H groups in total. The van der Waals surface area contributed by atoms with Crippen molar-refractivity contribution in [2.24, 2.45) is 5.10 Å². The first kappa shape index (κ1) is 10.9. The van der Waals surface area contributed by atoms with E-state index in [4.69, 9.17) is 8.83 Å². The molecule has 2 rings (SSSR count). The number of nitrogens with zero attached hydrogens (tertiary/aromatic N) is 1. The van der Waals surface area contributed by atoms with Gasteiger partial charge in [0.2, 0.25) is 0 Å². The Kier molecular flexibility index (Phi) is 3.54. The summed E-state index contributed by atoms with van der Waals surface area (Å²) in [5.41, 5.74) is 2.32. The highest BCUT2D eigenvalue weighted by molar-refractivity contribution is 5.92. The highest BCUT2D eigenvalue weighted by Crippen LogP contribution is 2.01. The molecule has 0 aliphatic heterocycles. The van der Waals surface area contributed by atoms with Gasteiger partial charge in [0.1, 0.15) is 5.76 Å². The maximum Gasteiger partial charge on any atom is 0.307 e. The van der Waals surface area contributed by atoms with E-state index in [9.17, 15) is 4.79 Å². The highest BCUT2D eigenvalue weighted by Gasteiger charge is 2.05. The lowest BCUT2D eigenvalue weighted by Gasteiger charge is -1.92. The average molecular weight is 230 g/mol. The molecule has 0 radical (unpaired) electrons. The SMILES string of the molecule is O=C(NN=CC=Cc1ccco1)c1ccco1. The summed E-state index contributed by atoms with van der Waals surface area (Å²) in [6.45, 7) is 0. The van der Waals surface area contributed by atoms with E-state index in [1.54, 1.807) is 36.6 Å². The number of carbonyl (C=O) groups excluding carboxylic acids is 1. The summed E-state index contributed by atoms with van der Waals surface area (Å²) in [4.78, 5) is 11.3. The zero-order valence-electron chi connectivity index (χ0n) is 8.87. The van der Waals surface area contributed by atoms with Crippen LogP contribution in [0.4, 0.5) is 0 Å². The lowest BCUT2D eigenvalue weighted by Crippen LogP contribution is -2.16. The van der Waals surface area contributed by atoms with Crippen LogP contribution in [0.3, 0.4) is 0 Å². The molecule has 0 atom stereocenters. The van der Waals surface area contributed by atoms with Gasteiger partial charge in [-0.1, -0.05) is 0 Å². The van der Waals surface area contributed by atoms with E-state index >= 15 is 0 Å². The molecule has 2 heterocycles. The Bertz CT molecular complexity index is 510. The van der Waals surface area contributed by atoms with Gasteiger partial charge >= 0.3 is 5.91 Å². The van der Waals surface area contributed by atoms with E-state index < -0.39 is 5.91 Å². The standard InChI is InChI=1S/C12H10N2O3/c15-12(11-6-3-9-17-11)14-13-7-1-4-10-5-2-8-16-10/h1-9H,(H,14,15). The first-order valence-corrected chi connectivity index (χ1v) is 4.93. The zero-order valence-corrected chi connectivity index (χ0v) is 8.87. The summed E-state index contributed by atoms with van der Waals surface area (Å²) in [7, 11) is 0. The summed E-state index contributed by atoms with van der Waals surface area (Å²) in [6, 6.07) is 6.79. The Morgan fingerprint density at radius 1 is 1.24 bits per heavy atom. The molecular weight excluding hydrogens is 220 g/mol. The van der Waals surface area contributed by atoms with Crippen molar-refractivity contribution in [2.75, 3.05) is 0 Å². The lowest BCUT2D eigenvalue weighted by atomic mass is 10.4. The third-order valence-corrected chi connectivity index (χ3v) is 1.88. The van der Waals surface area contributed by atoms with E-state index in [0.717, 1.165) is 0 Å². The van der Waals surface area contributed by atoms with Crippen LogP contribution in [0.5, 0.6) is 0 Å². The fraction of sp³-hybridized carbons (Fsp3) is 0. The maximum atomic E-state index is 11.3. The molecule has 2 aromatic heterocycles. The highest BCUT2D eigenvalue weighted by atomic mass is 16.3. The van der Waals surface area contributed by atoms with Crippen LogP contribution in [0.2, 0.25) is 0 Å². The van der Waals surface area contributed by atoms with E-state index in [2.05, 4.69) is 10.5 Å². The van der Waals surface area contributed by atoms with Gasteiger partial charge in [-0.15, -0.1) is 0 Å². The van der Waals surface area contributed by atoms with Crippen molar-refractivity contribution in [3.63, 3.8) is 0 Å². The van der Waals surface area contributed by atoms with Gasteiger partial charge in [-0.25, -0.2) is 5.43 Å². The fourth-order valence-electron chi connectivity index (χ4n) is 1.13. The number of furan rings is 2. The summed E-state index contributed by atoms with van der Waals surface area (Å²) in [6.07, 6.45) is 7.83.